The van der Waals surface area contributed by atoms with Gasteiger partial charge < -0.3 is 12.9 Å². The van der Waals surface area contributed by atoms with Crippen molar-refractivity contribution >= 4 is 12.4 Å². The minimum atomic E-state index is -5.48. The molecule has 0 atom stereocenters. The van der Waals surface area contributed by atoms with Crippen molar-refractivity contribution in [2.45, 2.75) is 6.18 Å². The van der Waals surface area contributed by atoms with E-state index in [0.29, 0.717) is 6.07 Å². The van der Waals surface area contributed by atoms with Gasteiger partial charge in [0.05, 0.1) is 11.6 Å². The molecule has 0 radical (unpaired) electrons. The second kappa shape index (κ2) is 5.75. The summed E-state index contributed by atoms with van der Waals surface area (Å²) in [5.41, 5.74) is -3.59. The second-order valence-electron chi connectivity index (χ2n) is 2.99. The van der Waals surface area contributed by atoms with Gasteiger partial charge in [-0.25, -0.2) is 0 Å². The zero-order valence-corrected chi connectivity index (χ0v) is 11.6. The SMILES string of the molecule is N#Cc1cc(C(F)(F)F)ccc1[B-](F)(F)F.[K+]. The van der Waals surface area contributed by atoms with E-state index in [4.69, 9.17) is 5.26 Å². The van der Waals surface area contributed by atoms with E-state index in [1.807, 2.05) is 0 Å². The molecule has 17 heavy (non-hydrogen) atoms. The summed E-state index contributed by atoms with van der Waals surface area (Å²) in [5.74, 6) is 0. The van der Waals surface area contributed by atoms with Crippen molar-refractivity contribution in [1.29, 1.82) is 5.26 Å². The standard InChI is InChI=1S/C8H3BF6N.K/c10-8(11,12)6-1-2-7(9(13,14)15)5(3-6)4-16;/h1-3H;/q-1;+1. The third-order valence-corrected chi connectivity index (χ3v) is 1.85. The van der Waals surface area contributed by atoms with Crippen molar-refractivity contribution in [2.24, 2.45) is 0 Å². The molecule has 0 spiro atoms. The van der Waals surface area contributed by atoms with Crippen LogP contribution in [0.4, 0.5) is 26.1 Å². The fourth-order valence-electron chi connectivity index (χ4n) is 1.11. The van der Waals surface area contributed by atoms with Gasteiger partial charge in [0.15, 0.2) is 0 Å². The largest absolute Gasteiger partial charge is 1.00 e. The Bertz CT molecular complexity index is 447. The van der Waals surface area contributed by atoms with Crippen LogP contribution in [0.25, 0.3) is 0 Å². The fraction of sp³-hybridized carbons (Fsp3) is 0.125. The molecular weight excluding hydrogens is 274 g/mol. The molecule has 0 fully saturated rings. The number of hydrogen-bond donors (Lipinski definition) is 0. The number of nitriles is 1. The van der Waals surface area contributed by atoms with Gasteiger partial charge in [-0.05, 0) is 6.07 Å². The minimum absolute atomic E-state index is 0. The first kappa shape index (κ1) is 17.0. The van der Waals surface area contributed by atoms with E-state index in [1.165, 1.54) is 0 Å². The third kappa shape index (κ3) is 4.30. The van der Waals surface area contributed by atoms with Gasteiger partial charge in [-0.3, -0.25) is 0 Å². The Morgan fingerprint density at radius 2 is 1.65 bits per heavy atom. The van der Waals surface area contributed by atoms with E-state index < -0.39 is 29.7 Å². The van der Waals surface area contributed by atoms with Crippen molar-refractivity contribution < 1.29 is 77.5 Å². The topological polar surface area (TPSA) is 23.8 Å². The molecule has 1 nitrogen and oxygen atoms in total. The van der Waals surface area contributed by atoms with Crippen LogP contribution in [0.1, 0.15) is 11.1 Å². The molecule has 0 unspecified atom stereocenters. The first-order chi connectivity index (χ1) is 7.16. The summed E-state index contributed by atoms with van der Waals surface area (Å²) in [6, 6.07) is 1.90. The van der Waals surface area contributed by atoms with Crippen molar-refractivity contribution in [3.8, 4) is 6.07 Å². The molecule has 0 aliphatic carbocycles. The summed E-state index contributed by atoms with van der Waals surface area (Å²) in [7, 11) is 0. The van der Waals surface area contributed by atoms with E-state index in [2.05, 4.69) is 0 Å². The predicted molar refractivity (Wildman–Crippen MR) is 44.9 cm³/mol. The monoisotopic (exact) mass is 277 g/mol. The van der Waals surface area contributed by atoms with Crippen LogP contribution in [-0.2, 0) is 6.18 Å². The minimum Gasteiger partial charge on any atom is -0.445 e. The van der Waals surface area contributed by atoms with Gasteiger partial charge in [-0.15, -0.1) is 0 Å². The molecule has 0 bridgehead atoms. The Morgan fingerprint density at radius 1 is 1.12 bits per heavy atom. The van der Waals surface area contributed by atoms with Gasteiger partial charge in [0.25, 0.3) is 0 Å². The molecule has 0 heterocycles. The first-order valence-electron chi connectivity index (χ1n) is 3.97. The molecule has 86 valence electrons. The van der Waals surface area contributed by atoms with E-state index in [9.17, 15) is 26.1 Å². The van der Waals surface area contributed by atoms with E-state index in [-0.39, 0.29) is 63.5 Å². The molecule has 0 aromatic heterocycles. The zero-order chi connectivity index (χ0) is 12.6. The molecule has 1 aromatic carbocycles. The van der Waals surface area contributed by atoms with Crippen LogP contribution >= 0.6 is 0 Å². The Morgan fingerprint density at radius 3 is 2.00 bits per heavy atom. The molecular formula is C8H3BF6KN. The van der Waals surface area contributed by atoms with Gasteiger partial charge in [-0.2, -0.15) is 18.4 Å². The van der Waals surface area contributed by atoms with Crippen molar-refractivity contribution in [2.75, 3.05) is 0 Å². The molecule has 0 saturated heterocycles. The van der Waals surface area contributed by atoms with Crippen molar-refractivity contribution in [1.82, 2.24) is 0 Å². The molecule has 0 N–H and O–H groups in total. The Kier molecular flexibility index (Phi) is 5.75. The summed E-state index contributed by atoms with van der Waals surface area (Å²) in [6.45, 7) is -5.48. The van der Waals surface area contributed by atoms with Crippen molar-refractivity contribution in [3.63, 3.8) is 0 Å². The first-order valence-corrected chi connectivity index (χ1v) is 3.97. The van der Waals surface area contributed by atoms with Gasteiger partial charge in [0.2, 0.25) is 0 Å². The summed E-state index contributed by atoms with van der Waals surface area (Å²) >= 11 is 0. The maximum atomic E-state index is 12.3. The zero-order valence-electron chi connectivity index (χ0n) is 8.52. The summed E-state index contributed by atoms with van der Waals surface area (Å²) in [6.07, 6.45) is -4.76. The summed E-state index contributed by atoms with van der Waals surface area (Å²) in [4.78, 5) is 0. The number of halogens is 6. The maximum absolute atomic E-state index is 12.3. The number of benzene rings is 1. The molecule has 9 heteroatoms. The average molecular weight is 277 g/mol. The van der Waals surface area contributed by atoms with Crippen LogP contribution in [0.2, 0.25) is 0 Å². The van der Waals surface area contributed by atoms with Crippen LogP contribution in [0.15, 0.2) is 18.2 Å². The fourth-order valence-corrected chi connectivity index (χ4v) is 1.11. The number of hydrogen-bond acceptors (Lipinski definition) is 1. The van der Waals surface area contributed by atoms with E-state index in [0.717, 1.165) is 6.07 Å². The second-order valence-corrected chi connectivity index (χ2v) is 2.99. The molecule has 0 saturated carbocycles. The smallest absolute Gasteiger partial charge is 0.445 e. The van der Waals surface area contributed by atoms with Gasteiger partial charge in [-0.1, -0.05) is 17.6 Å². The Labute approximate surface area is 135 Å². The summed E-state index contributed by atoms with van der Waals surface area (Å²) < 4.78 is 73.3. The van der Waals surface area contributed by atoms with Crippen LogP contribution in [0.3, 0.4) is 0 Å². The normalized spacial score (nSPS) is 11.6. The molecule has 0 aliphatic rings. The number of nitrogens with zero attached hydrogens (tertiary/aromatic N) is 1. The summed E-state index contributed by atoms with van der Waals surface area (Å²) in [5, 5.41) is 8.36. The number of rotatable bonds is 1. The van der Waals surface area contributed by atoms with Crippen LogP contribution in [-0.4, -0.2) is 6.98 Å². The van der Waals surface area contributed by atoms with Crippen LogP contribution < -0.4 is 56.8 Å². The van der Waals surface area contributed by atoms with Gasteiger partial charge in [0, 0.05) is 5.56 Å². The van der Waals surface area contributed by atoms with Gasteiger partial charge >= 0.3 is 64.5 Å². The molecule has 0 aliphatic heterocycles. The van der Waals surface area contributed by atoms with E-state index >= 15 is 0 Å². The number of alkyl halides is 3. The maximum Gasteiger partial charge on any atom is 1.00 e. The molecule has 0 amide bonds. The van der Waals surface area contributed by atoms with Gasteiger partial charge in [0.1, 0.15) is 0 Å². The Balaban J connectivity index is 0.00000256. The van der Waals surface area contributed by atoms with Crippen molar-refractivity contribution in [3.05, 3.63) is 29.3 Å². The predicted octanol–water partition coefficient (Wildman–Crippen LogP) is -0.365. The molecule has 1 aromatic rings. The third-order valence-electron chi connectivity index (χ3n) is 1.85. The van der Waals surface area contributed by atoms with E-state index in [1.54, 1.807) is 0 Å². The average Bonchev–Trinajstić information content (AvgIpc) is 2.14. The molecule has 1 rings (SSSR count). The quantitative estimate of drug-likeness (QED) is 0.508. The van der Waals surface area contributed by atoms with Crippen LogP contribution in [0.5, 0.6) is 0 Å². The Hall–Kier alpha value is -0.00870. The van der Waals surface area contributed by atoms with Crippen LogP contribution in [0, 0.1) is 11.3 Å².